The van der Waals surface area contributed by atoms with E-state index in [1.54, 1.807) is 18.2 Å². The van der Waals surface area contributed by atoms with Crippen LogP contribution in [0.4, 0.5) is 0 Å². The van der Waals surface area contributed by atoms with Crippen molar-refractivity contribution in [2.24, 2.45) is 0 Å². The van der Waals surface area contributed by atoms with Gasteiger partial charge in [-0.15, -0.1) is 0 Å². The normalized spacial score (nSPS) is 12.7. The minimum Gasteiger partial charge on any atom is -0.508 e. The standard InChI is InChI=1S/C12H18ClNO/c1-3-4-9(2)14-8-10-7-11(13)5-6-12(10)15/h5-7,9,14-15H,3-4,8H2,1-2H3. The van der Waals surface area contributed by atoms with Gasteiger partial charge in [0.1, 0.15) is 5.75 Å². The molecule has 0 amide bonds. The fraction of sp³-hybridized carbons (Fsp3) is 0.500. The fourth-order valence-electron chi connectivity index (χ4n) is 1.51. The lowest BCUT2D eigenvalue weighted by Crippen LogP contribution is -2.25. The molecule has 1 aromatic rings. The molecule has 1 atom stereocenters. The summed E-state index contributed by atoms with van der Waals surface area (Å²) in [6, 6.07) is 5.58. The molecule has 1 rings (SSSR count). The largest absolute Gasteiger partial charge is 0.508 e. The molecule has 0 bridgehead atoms. The van der Waals surface area contributed by atoms with Crippen LogP contribution in [0.3, 0.4) is 0 Å². The van der Waals surface area contributed by atoms with E-state index in [0.717, 1.165) is 18.4 Å². The van der Waals surface area contributed by atoms with E-state index in [1.165, 1.54) is 0 Å². The Bertz CT molecular complexity index is 314. The van der Waals surface area contributed by atoms with Crippen LogP contribution in [-0.4, -0.2) is 11.1 Å². The van der Waals surface area contributed by atoms with Gasteiger partial charge < -0.3 is 10.4 Å². The van der Waals surface area contributed by atoms with Gasteiger partial charge >= 0.3 is 0 Å². The Hall–Kier alpha value is -0.730. The smallest absolute Gasteiger partial charge is 0.120 e. The lowest BCUT2D eigenvalue weighted by molar-refractivity contribution is 0.454. The van der Waals surface area contributed by atoms with Crippen LogP contribution in [0.2, 0.25) is 5.02 Å². The molecule has 0 aromatic heterocycles. The Morgan fingerprint density at radius 1 is 1.47 bits per heavy atom. The highest BCUT2D eigenvalue weighted by Gasteiger charge is 2.04. The van der Waals surface area contributed by atoms with Gasteiger partial charge in [0, 0.05) is 23.2 Å². The summed E-state index contributed by atoms with van der Waals surface area (Å²) in [7, 11) is 0. The summed E-state index contributed by atoms with van der Waals surface area (Å²) < 4.78 is 0. The second-order valence-electron chi connectivity index (χ2n) is 3.84. The van der Waals surface area contributed by atoms with Crippen molar-refractivity contribution in [3.8, 4) is 5.75 Å². The Balaban J connectivity index is 2.53. The SMILES string of the molecule is CCCC(C)NCc1cc(Cl)ccc1O. The van der Waals surface area contributed by atoms with Gasteiger partial charge in [0.25, 0.3) is 0 Å². The molecule has 2 N–H and O–H groups in total. The van der Waals surface area contributed by atoms with Gasteiger partial charge in [-0.25, -0.2) is 0 Å². The van der Waals surface area contributed by atoms with Crippen LogP contribution in [0.5, 0.6) is 5.75 Å². The number of phenolic OH excluding ortho intramolecular Hbond substituents is 1. The summed E-state index contributed by atoms with van der Waals surface area (Å²) in [4.78, 5) is 0. The van der Waals surface area contributed by atoms with Crippen LogP contribution >= 0.6 is 11.6 Å². The molecule has 0 radical (unpaired) electrons. The van der Waals surface area contributed by atoms with Crippen molar-refractivity contribution in [2.75, 3.05) is 0 Å². The second kappa shape index (κ2) is 5.99. The average Bonchev–Trinajstić information content (AvgIpc) is 2.20. The maximum absolute atomic E-state index is 9.58. The highest BCUT2D eigenvalue weighted by atomic mass is 35.5. The Morgan fingerprint density at radius 3 is 2.87 bits per heavy atom. The van der Waals surface area contributed by atoms with Crippen molar-refractivity contribution in [3.63, 3.8) is 0 Å². The quantitative estimate of drug-likeness (QED) is 0.809. The number of hydrogen-bond donors (Lipinski definition) is 2. The minimum atomic E-state index is 0.301. The molecule has 2 nitrogen and oxygen atoms in total. The van der Waals surface area contributed by atoms with Gasteiger partial charge in [-0.05, 0) is 31.5 Å². The summed E-state index contributed by atoms with van der Waals surface area (Å²) >= 11 is 5.85. The summed E-state index contributed by atoms with van der Waals surface area (Å²) in [6.45, 7) is 4.97. The first-order valence-electron chi connectivity index (χ1n) is 5.34. The van der Waals surface area contributed by atoms with E-state index >= 15 is 0 Å². The van der Waals surface area contributed by atoms with Gasteiger partial charge in [0.05, 0.1) is 0 Å². The van der Waals surface area contributed by atoms with Crippen molar-refractivity contribution in [1.82, 2.24) is 5.32 Å². The molecule has 0 heterocycles. The van der Waals surface area contributed by atoms with Crippen molar-refractivity contribution >= 4 is 11.6 Å². The van der Waals surface area contributed by atoms with E-state index in [1.807, 2.05) is 0 Å². The van der Waals surface area contributed by atoms with E-state index in [0.29, 0.717) is 23.4 Å². The van der Waals surface area contributed by atoms with Crippen LogP contribution < -0.4 is 5.32 Å². The number of nitrogens with one attached hydrogen (secondary N) is 1. The average molecular weight is 228 g/mol. The summed E-state index contributed by atoms with van der Waals surface area (Å²) in [5.74, 6) is 0.301. The monoisotopic (exact) mass is 227 g/mol. The third-order valence-corrected chi connectivity index (χ3v) is 2.64. The lowest BCUT2D eigenvalue weighted by atomic mass is 10.1. The van der Waals surface area contributed by atoms with E-state index in [9.17, 15) is 5.11 Å². The zero-order chi connectivity index (χ0) is 11.3. The molecule has 1 aromatic carbocycles. The van der Waals surface area contributed by atoms with Crippen molar-refractivity contribution < 1.29 is 5.11 Å². The fourth-order valence-corrected chi connectivity index (χ4v) is 1.71. The Labute approximate surface area is 96.3 Å². The molecule has 0 aliphatic heterocycles. The van der Waals surface area contributed by atoms with E-state index < -0.39 is 0 Å². The van der Waals surface area contributed by atoms with Gasteiger partial charge in [0.2, 0.25) is 0 Å². The van der Waals surface area contributed by atoms with Gasteiger partial charge in [-0.3, -0.25) is 0 Å². The highest BCUT2D eigenvalue weighted by Crippen LogP contribution is 2.21. The first kappa shape index (κ1) is 12.3. The van der Waals surface area contributed by atoms with E-state index in [2.05, 4.69) is 19.2 Å². The maximum Gasteiger partial charge on any atom is 0.120 e. The Morgan fingerprint density at radius 2 is 2.20 bits per heavy atom. The molecule has 0 saturated heterocycles. The molecule has 0 fully saturated rings. The second-order valence-corrected chi connectivity index (χ2v) is 4.28. The molecule has 0 aliphatic rings. The predicted octanol–water partition coefficient (Wildman–Crippen LogP) is 3.32. The molecule has 84 valence electrons. The van der Waals surface area contributed by atoms with Crippen LogP contribution in [-0.2, 0) is 6.54 Å². The maximum atomic E-state index is 9.58. The number of rotatable bonds is 5. The number of halogens is 1. The van der Waals surface area contributed by atoms with E-state index in [4.69, 9.17) is 11.6 Å². The molecule has 3 heteroatoms. The molecule has 0 aliphatic carbocycles. The molecular weight excluding hydrogens is 210 g/mol. The first-order chi connectivity index (χ1) is 7.13. The van der Waals surface area contributed by atoms with Crippen LogP contribution in [0.15, 0.2) is 18.2 Å². The van der Waals surface area contributed by atoms with Crippen LogP contribution in [0.25, 0.3) is 0 Å². The van der Waals surface area contributed by atoms with Gasteiger partial charge in [-0.2, -0.15) is 0 Å². The van der Waals surface area contributed by atoms with Crippen LogP contribution in [0.1, 0.15) is 32.3 Å². The van der Waals surface area contributed by atoms with Crippen molar-refractivity contribution in [2.45, 2.75) is 39.3 Å². The number of hydrogen-bond acceptors (Lipinski definition) is 2. The van der Waals surface area contributed by atoms with Gasteiger partial charge in [-0.1, -0.05) is 24.9 Å². The predicted molar refractivity (Wildman–Crippen MR) is 64.3 cm³/mol. The highest BCUT2D eigenvalue weighted by molar-refractivity contribution is 6.30. The van der Waals surface area contributed by atoms with Crippen LogP contribution in [0, 0.1) is 0 Å². The number of benzene rings is 1. The molecule has 0 spiro atoms. The number of aromatic hydroxyl groups is 1. The third-order valence-electron chi connectivity index (χ3n) is 2.40. The zero-order valence-corrected chi connectivity index (χ0v) is 10.0. The summed E-state index contributed by atoms with van der Waals surface area (Å²) in [5.41, 5.74) is 0.852. The molecule has 1 unspecified atom stereocenters. The molecule has 0 saturated carbocycles. The van der Waals surface area contributed by atoms with E-state index in [-0.39, 0.29) is 0 Å². The minimum absolute atomic E-state index is 0.301. The summed E-state index contributed by atoms with van der Waals surface area (Å²) in [6.07, 6.45) is 2.30. The zero-order valence-electron chi connectivity index (χ0n) is 9.26. The Kier molecular flexibility index (Phi) is 4.92. The summed E-state index contributed by atoms with van der Waals surface area (Å²) in [5, 5.41) is 13.6. The van der Waals surface area contributed by atoms with Gasteiger partial charge in [0.15, 0.2) is 0 Å². The number of phenols is 1. The van der Waals surface area contributed by atoms with Crippen molar-refractivity contribution in [3.05, 3.63) is 28.8 Å². The molecular formula is C12H18ClNO. The van der Waals surface area contributed by atoms with Crippen molar-refractivity contribution in [1.29, 1.82) is 0 Å². The lowest BCUT2D eigenvalue weighted by Gasteiger charge is -2.13. The third kappa shape index (κ3) is 4.10. The first-order valence-corrected chi connectivity index (χ1v) is 5.72. The molecule has 15 heavy (non-hydrogen) atoms. The topological polar surface area (TPSA) is 32.3 Å².